The molecule has 0 bridgehead atoms. The second kappa shape index (κ2) is 9.49. The first-order valence-electron chi connectivity index (χ1n) is 10.2. The average molecular weight is 399 g/mol. The van der Waals surface area contributed by atoms with Crippen LogP contribution in [0.15, 0.2) is 11.4 Å². The Hall–Kier alpha value is -0.960. The highest BCUT2D eigenvalue weighted by molar-refractivity contribution is 7.91. The molecule has 154 valence electrons. The lowest BCUT2D eigenvalue weighted by molar-refractivity contribution is 0.142. The van der Waals surface area contributed by atoms with Crippen molar-refractivity contribution in [1.29, 1.82) is 0 Å². The van der Waals surface area contributed by atoms with Crippen LogP contribution in [0, 0.1) is 5.92 Å². The zero-order valence-electron chi connectivity index (χ0n) is 16.8. The normalized spacial score (nSPS) is 21.0. The lowest BCUT2D eigenvalue weighted by Gasteiger charge is -2.32. The number of piperazine rings is 1. The molecule has 0 N–H and O–H groups in total. The topological polar surface area (TPSA) is 67.7 Å². The van der Waals surface area contributed by atoms with Gasteiger partial charge in [-0.2, -0.15) is 0 Å². The molecule has 2 heterocycles. The van der Waals surface area contributed by atoms with Crippen LogP contribution < -0.4 is 0 Å². The SMILES string of the molecule is COCCn1c(CN2CCN(C)CC2)cnc1S(=O)(=O)CC1CCCCC1. The fraction of sp³-hybridized carbons (Fsp3) is 0.842. The van der Waals surface area contributed by atoms with E-state index in [-0.39, 0.29) is 16.8 Å². The molecular weight excluding hydrogens is 364 g/mol. The molecule has 0 amide bonds. The van der Waals surface area contributed by atoms with E-state index in [1.54, 1.807) is 13.3 Å². The highest BCUT2D eigenvalue weighted by atomic mass is 32.2. The summed E-state index contributed by atoms with van der Waals surface area (Å²) in [6, 6.07) is 0. The lowest BCUT2D eigenvalue weighted by Crippen LogP contribution is -2.44. The van der Waals surface area contributed by atoms with Crippen molar-refractivity contribution in [3.63, 3.8) is 0 Å². The molecular formula is C19H34N4O3S. The van der Waals surface area contributed by atoms with Crippen LogP contribution in [0.2, 0.25) is 0 Å². The number of methoxy groups -OCH3 is 1. The van der Waals surface area contributed by atoms with Crippen LogP contribution in [0.5, 0.6) is 0 Å². The maximum absolute atomic E-state index is 13.1. The molecule has 27 heavy (non-hydrogen) atoms. The van der Waals surface area contributed by atoms with Crippen molar-refractivity contribution in [1.82, 2.24) is 19.4 Å². The van der Waals surface area contributed by atoms with E-state index >= 15 is 0 Å². The molecule has 8 heteroatoms. The van der Waals surface area contributed by atoms with Crippen LogP contribution in [0.1, 0.15) is 37.8 Å². The summed E-state index contributed by atoms with van der Waals surface area (Å²) in [7, 11) is 0.401. The molecule has 2 fully saturated rings. The molecule has 0 radical (unpaired) electrons. The fourth-order valence-electron chi connectivity index (χ4n) is 4.16. The van der Waals surface area contributed by atoms with Crippen molar-refractivity contribution < 1.29 is 13.2 Å². The van der Waals surface area contributed by atoms with Crippen LogP contribution in [-0.4, -0.2) is 80.5 Å². The third-order valence-corrected chi connectivity index (χ3v) is 7.65. The summed E-state index contributed by atoms with van der Waals surface area (Å²) in [6.45, 7) is 5.82. The Balaban J connectivity index is 1.76. The van der Waals surface area contributed by atoms with Gasteiger partial charge in [0.15, 0.2) is 0 Å². The number of hydrogen-bond acceptors (Lipinski definition) is 6. The van der Waals surface area contributed by atoms with Gasteiger partial charge >= 0.3 is 0 Å². The Morgan fingerprint density at radius 2 is 1.85 bits per heavy atom. The van der Waals surface area contributed by atoms with Gasteiger partial charge in [0.05, 0.1) is 24.3 Å². The van der Waals surface area contributed by atoms with Crippen LogP contribution in [0.4, 0.5) is 0 Å². The number of aromatic nitrogens is 2. The lowest BCUT2D eigenvalue weighted by atomic mass is 9.91. The molecule has 1 aliphatic heterocycles. The van der Waals surface area contributed by atoms with E-state index < -0.39 is 9.84 Å². The van der Waals surface area contributed by atoms with Crippen LogP contribution in [-0.2, 0) is 27.7 Å². The van der Waals surface area contributed by atoms with Gasteiger partial charge in [-0.05, 0) is 25.8 Å². The molecule has 1 saturated heterocycles. The fourth-order valence-corrected chi connectivity index (χ4v) is 6.02. The van der Waals surface area contributed by atoms with Crippen molar-refractivity contribution in [2.45, 2.75) is 50.4 Å². The number of likely N-dealkylation sites (N-methyl/N-ethyl adjacent to an activating group) is 1. The minimum absolute atomic E-state index is 0.227. The monoisotopic (exact) mass is 398 g/mol. The van der Waals surface area contributed by atoms with Gasteiger partial charge in [-0.15, -0.1) is 0 Å². The number of ether oxygens (including phenoxy) is 1. The summed E-state index contributed by atoms with van der Waals surface area (Å²) in [4.78, 5) is 9.06. The molecule has 0 spiro atoms. The molecule has 3 rings (SSSR count). The molecule has 7 nitrogen and oxygen atoms in total. The van der Waals surface area contributed by atoms with Crippen LogP contribution in [0.25, 0.3) is 0 Å². The summed E-state index contributed by atoms with van der Waals surface area (Å²) in [5, 5.41) is 0.231. The van der Waals surface area contributed by atoms with Gasteiger partial charge < -0.3 is 14.2 Å². The molecule has 0 atom stereocenters. The van der Waals surface area contributed by atoms with Crippen molar-refractivity contribution in [3.05, 3.63) is 11.9 Å². The molecule has 2 aliphatic rings. The molecule has 1 aromatic heterocycles. The molecule has 0 aromatic carbocycles. The molecule has 0 unspecified atom stereocenters. The molecule has 1 saturated carbocycles. The van der Waals surface area contributed by atoms with Crippen molar-refractivity contribution >= 4 is 9.84 Å². The molecule has 1 aliphatic carbocycles. The number of sulfone groups is 1. The van der Waals surface area contributed by atoms with E-state index in [2.05, 4.69) is 21.8 Å². The van der Waals surface area contributed by atoms with E-state index in [0.717, 1.165) is 64.1 Å². The molecule has 1 aromatic rings. The summed E-state index contributed by atoms with van der Waals surface area (Å²) in [6.07, 6.45) is 7.31. The maximum atomic E-state index is 13.1. The average Bonchev–Trinajstić information content (AvgIpc) is 3.06. The summed E-state index contributed by atoms with van der Waals surface area (Å²) in [5.41, 5.74) is 0.971. The number of rotatable bonds is 8. The van der Waals surface area contributed by atoms with Gasteiger partial charge in [-0.25, -0.2) is 13.4 Å². The predicted molar refractivity (Wildman–Crippen MR) is 106 cm³/mol. The first kappa shape index (κ1) is 20.8. The number of hydrogen-bond donors (Lipinski definition) is 0. The van der Waals surface area contributed by atoms with Crippen molar-refractivity contribution in [2.75, 3.05) is 52.7 Å². The minimum atomic E-state index is -3.38. The van der Waals surface area contributed by atoms with E-state index in [1.165, 1.54) is 6.42 Å². The van der Waals surface area contributed by atoms with Gasteiger partial charge in [-0.1, -0.05) is 19.3 Å². The van der Waals surface area contributed by atoms with Crippen molar-refractivity contribution in [2.24, 2.45) is 5.92 Å². The Labute approximate surface area is 163 Å². The Bertz CT molecular complexity index is 690. The van der Waals surface area contributed by atoms with E-state index in [9.17, 15) is 8.42 Å². The maximum Gasteiger partial charge on any atom is 0.227 e. The minimum Gasteiger partial charge on any atom is -0.383 e. The van der Waals surface area contributed by atoms with Gasteiger partial charge in [0.1, 0.15) is 0 Å². The smallest absolute Gasteiger partial charge is 0.227 e. The zero-order chi connectivity index (χ0) is 19.3. The number of nitrogens with zero attached hydrogens (tertiary/aromatic N) is 4. The van der Waals surface area contributed by atoms with Crippen LogP contribution in [0.3, 0.4) is 0 Å². The summed E-state index contributed by atoms with van der Waals surface area (Å²) in [5.74, 6) is 0.503. The van der Waals surface area contributed by atoms with E-state index in [1.807, 2.05) is 4.57 Å². The first-order chi connectivity index (χ1) is 13.0. The third-order valence-electron chi connectivity index (χ3n) is 5.86. The summed E-state index contributed by atoms with van der Waals surface area (Å²) < 4.78 is 33.3. The highest BCUT2D eigenvalue weighted by Crippen LogP contribution is 2.27. The third kappa shape index (κ3) is 5.53. The summed E-state index contributed by atoms with van der Waals surface area (Å²) >= 11 is 0. The van der Waals surface area contributed by atoms with Gasteiger partial charge in [0.2, 0.25) is 15.0 Å². The Kier molecular flexibility index (Phi) is 7.30. The highest BCUT2D eigenvalue weighted by Gasteiger charge is 2.28. The van der Waals surface area contributed by atoms with Gasteiger partial charge in [-0.3, -0.25) is 4.90 Å². The van der Waals surface area contributed by atoms with Gasteiger partial charge in [0.25, 0.3) is 0 Å². The zero-order valence-corrected chi connectivity index (χ0v) is 17.6. The second-order valence-electron chi connectivity index (χ2n) is 8.04. The van der Waals surface area contributed by atoms with Crippen molar-refractivity contribution in [3.8, 4) is 0 Å². The second-order valence-corrected chi connectivity index (χ2v) is 9.97. The standard InChI is InChI=1S/C19H34N4O3S/c1-21-8-10-22(11-9-21)15-18-14-20-19(23(18)12-13-26-2)27(24,25)16-17-6-4-3-5-7-17/h14,17H,3-13,15-16H2,1-2H3. The predicted octanol–water partition coefficient (Wildman–Crippen LogP) is 1.63. The number of imidazole rings is 1. The largest absolute Gasteiger partial charge is 0.383 e. The Morgan fingerprint density at radius 3 is 2.52 bits per heavy atom. The van der Waals surface area contributed by atoms with Crippen LogP contribution >= 0.6 is 0 Å². The van der Waals surface area contributed by atoms with Gasteiger partial charge in [0, 0.05) is 46.4 Å². The Morgan fingerprint density at radius 1 is 1.15 bits per heavy atom. The first-order valence-corrected chi connectivity index (χ1v) is 11.8. The quantitative estimate of drug-likeness (QED) is 0.663. The van der Waals surface area contributed by atoms with E-state index in [0.29, 0.717) is 13.2 Å². The van der Waals surface area contributed by atoms with E-state index in [4.69, 9.17) is 4.74 Å².